The van der Waals surface area contributed by atoms with E-state index in [2.05, 4.69) is 0 Å². The quantitative estimate of drug-likeness (QED) is 0.0979. The Balaban J connectivity index is 3.10. The van der Waals surface area contributed by atoms with Gasteiger partial charge in [0.1, 0.15) is 5.54 Å². The SMILES string of the molecule is CCCCCOC(=O)Oc1ccc(CC(N)(CCOC(=O)[C@@H](C)C(C)C)C(=O)OC)cc1OC(=O)OCCCCC. The van der Waals surface area contributed by atoms with Crippen LogP contribution in [0.5, 0.6) is 11.5 Å². The number of carbonyl (C=O) groups is 4. The van der Waals surface area contributed by atoms with Gasteiger partial charge in [-0.2, -0.15) is 0 Å². The molecule has 1 aromatic carbocycles. The molecule has 0 aliphatic carbocycles. The first-order valence-corrected chi connectivity index (χ1v) is 14.3. The van der Waals surface area contributed by atoms with E-state index in [-0.39, 0.29) is 62.0 Å². The molecule has 2 N–H and O–H groups in total. The third-order valence-electron chi connectivity index (χ3n) is 6.61. The van der Waals surface area contributed by atoms with E-state index in [1.54, 1.807) is 13.0 Å². The molecule has 0 aliphatic rings. The zero-order valence-electron chi connectivity index (χ0n) is 25.3. The summed E-state index contributed by atoms with van der Waals surface area (Å²) < 4.78 is 31.1. The minimum absolute atomic E-state index is 0.0196. The number of unbranched alkanes of at least 4 members (excludes halogenated alkanes) is 4. The van der Waals surface area contributed by atoms with Gasteiger partial charge in [0.25, 0.3) is 0 Å². The van der Waals surface area contributed by atoms with Crippen molar-refractivity contribution >= 4 is 24.2 Å². The van der Waals surface area contributed by atoms with E-state index < -0.39 is 23.8 Å². The molecule has 0 saturated carbocycles. The largest absolute Gasteiger partial charge is 0.513 e. The molecule has 0 heterocycles. The molecular formula is C30H47NO10. The van der Waals surface area contributed by atoms with Crippen LogP contribution in [0.1, 0.15) is 85.1 Å². The standard InChI is InChI=1S/C30H47NO10/c1-7-9-11-16-38-28(34)40-24-14-13-23(19-25(24)41-29(35)39-17-12-10-8-2)20-30(31,27(33)36-6)15-18-37-26(32)22(5)21(3)4/h13-14,19,21-22H,7-12,15-18,20,31H2,1-6H3/t22-,30?/m0/s1. The summed E-state index contributed by atoms with van der Waals surface area (Å²) in [5, 5.41) is 0. The number of nitrogens with two attached hydrogens (primary N) is 1. The first-order chi connectivity index (χ1) is 19.5. The van der Waals surface area contributed by atoms with Crippen LogP contribution in [0.4, 0.5) is 9.59 Å². The lowest BCUT2D eigenvalue weighted by Gasteiger charge is -2.27. The predicted octanol–water partition coefficient (Wildman–Crippen LogP) is 5.74. The fraction of sp³-hybridized carbons (Fsp3) is 0.667. The van der Waals surface area contributed by atoms with Crippen LogP contribution in [0.15, 0.2) is 18.2 Å². The molecule has 1 rings (SSSR count). The molecule has 0 spiro atoms. The van der Waals surface area contributed by atoms with Gasteiger partial charge in [-0.1, -0.05) is 66.4 Å². The summed E-state index contributed by atoms with van der Waals surface area (Å²) in [6.45, 7) is 9.91. The summed E-state index contributed by atoms with van der Waals surface area (Å²) in [4.78, 5) is 49.5. The van der Waals surface area contributed by atoms with Crippen LogP contribution in [-0.2, 0) is 35.0 Å². The van der Waals surface area contributed by atoms with Crippen molar-refractivity contribution < 1.29 is 47.6 Å². The molecule has 11 heteroatoms. The van der Waals surface area contributed by atoms with Gasteiger partial charge in [0, 0.05) is 12.8 Å². The summed E-state index contributed by atoms with van der Waals surface area (Å²) >= 11 is 0. The van der Waals surface area contributed by atoms with Crippen molar-refractivity contribution in [2.24, 2.45) is 17.6 Å². The number of rotatable bonds is 18. The molecule has 11 nitrogen and oxygen atoms in total. The van der Waals surface area contributed by atoms with Gasteiger partial charge in [-0.25, -0.2) is 9.59 Å². The highest BCUT2D eigenvalue weighted by Crippen LogP contribution is 2.31. The van der Waals surface area contributed by atoms with E-state index in [0.29, 0.717) is 18.4 Å². The van der Waals surface area contributed by atoms with E-state index in [1.807, 2.05) is 27.7 Å². The minimum atomic E-state index is -1.56. The van der Waals surface area contributed by atoms with E-state index in [1.165, 1.54) is 19.2 Å². The number of methoxy groups -OCH3 is 1. The van der Waals surface area contributed by atoms with Crippen LogP contribution >= 0.6 is 0 Å². The Kier molecular flexibility index (Phi) is 16.5. The van der Waals surface area contributed by atoms with E-state index in [9.17, 15) is 19.2 Å². The maximum absolute atomic E-state index is 12.7. The summed E-state index contributed by atoms with van der Waals surface area (Å²) in [5.41, 5.74) is 5.36. The molecule has 0 bridgehead atoms. The monoisotopic (exact) mass is 581 g/mol. The Labute approximate surface area is 243 Å². The van der Waals surface area contributed by atoms with Crippen LogP contribution in [0.2, 0.25) is 0 Å². The Bertz CT molecular complexity index is 980. The lowest BCUT2D eigenvalue weighted by Crippen LogP contribution is -2.51. The Hall–Kier alpha value is -3.34. The second-order valence-electron chi connectivity index (χ2n) is 10.4. The van der Waals surface area contributed by atoms with E-state index in [4.69, 9.17) is 34.2 Å². The minimum Gasteiger partial charge on any atom is -0.468 e. The van der Waals surface area contributed by atoms with Crippen LogP contribution in [0.25, 0.3) is 0 Å². The Morgan fingerprint density at radius 3 is 1.88 bits per heavy atom. The molecule has 0 amide bonds. The van der Waals surface area contributed by atoms with Gasteiger partial charge in [0.15, 0.2) is 11.5 Å². The number of esters is 2. The number of hydrogen-bond acceptors (Lipinski definition) is 11. The zero-order valence-corrected chi connectivity index (χ0v) is 25.3. The topological polar surface area (TPSA) is 150 Å². The number of carbonyl (C=O) groups excluding carboxylic acids is 4. The van der Waals surface area contributed by atoms with Gasteiger partial charge >= 0.3 is 24.2 Å². The highest BCUT2D eigenvalue weighted by molar-refractivity contribution is 5.81. The zero-order chi connectivity index (χ0) is 30.8. The number of ether oxygens (including phenoxy) is 6. The van der Waals surface area contributed by atoms with Gasteiger partial charge in [0.2, 0.25) is 0 Å². The Morgan fingerprint density at radius 1 is 0.805 bits per heavy atom. The van der Waals surface area contributed by atoms with Gasteiger partial charge in [-0.3, -0.25) is 9.59 Å². The van der Waals surface area contributed by atoms with Crippen molar-refractivity contribution in [3.8, 4) is 11.5 Å². The van der Waals surface area contributed by atoms with Gasteiger partial charge < -0.3 is 34.2 Å². The fourth-order valence-corrected chi connectivity index (χ4v) is 3.65. The molecule has 1 unspecified atom stereocenters. The molecule has 0 saturated heterocycles. The Morgan fingerprint density at radius 2 is 1.37 bits per heavy atom. The van der Waals surface area contributed by atoms with Gasteiger partial charge in [0.05, 0.1) is 32.8 Å². The summed E-state index contributed by atoms with van der Waals surface area (Å²) in [5.74, 6) is -1.50. The van der Waals surface area contributed by atoms with Gasteiger partial charge in [-0.05, 0) is 36.5 Å². The van der Waals surface area contributed by atoms with Crippen LogP contribution in [0.3, 0.4) is 0 Å². The molecule has 232 valence electrons. The second-order valence-corrected chi connectivity index (χ2v) is 10.4. The average Bonchev–Trinajstić information content (AvgIpc) is 2.93. The van der Waals surface area contributed by atoms with Crippen LogP contribution in [0, 0.1) is 11.8 Å². The average molecular weight is 582 g/mol. The molecular weight excluding hydrogens is 534 g/mol. The van der Waals surface area contributed by atoms with Crippen molar-refractivity contribution in [3.63, 3.8) is 0 Å². The lowest BCUT2D eigenvalue weighted by atomic mass is 9.88. The number of benzene rings is 1. The fourth-order valence-electron chi connectivity index (χ4n) is 3.65. The summed E-state index contributed by atoms with van der Waals surface area (Å²) in [7, 11) is 1.21. The molecule has 0 fully saturated rings. The smallest absolute Gasteiger partial charge is 0.468 e. The van der Waals surface area contributed by atoms with Crippen molar-refractivity contribution in [2.75, 3.05) is 26.9 Å². The van der Waals surface area contributed by atoms with Crippen molar-refractivity contribution in [1.82, 2.24) is 0 Å². The third kappa shape index (κ3) is 13.2. The van der Waals surface area contributed by atoms with Crippen LogP contribution < -0.4 is 15.2 Å². The second kappa shape index (κ2) is 18.9. The van der Waals surface area contributed by atoms with E-state index in [0.717, 1.165) is 25.7 Å². The van der Waals surface area contributed by atoms with Gasteiger partial charge in [-0.15, -0.1) is 0 Å². The number of hydrogen-bond donors (Lipinski definition) is 1. The first-order valence-electron chi connectivity index (χ1n) is 14.3. The maximum Gasteiger partial charge on any atom is 0.513 e. The highest BCUT2D eigenvalue weighted by atomic mass is 16.7. The molecule has 1 aromatic rings. The lowest BCUT2D eigenvalue weighted by molar-refractivity contribution is -0.153. The van der Waals surface area contributed by atoms with Crippen LogP contribution in [-0.4, -0.2) is 56.7 Å². The highest BCUT2D eigenvalue weighted by Gasteiger charge is 2.36. The summed E-state index contributed by atoms with van der Waals surface area (Å²) in [6.07, 6.45) is 3.07. The maximum atomic E-state index is 12.7. The van der Waals surface area contributed by atoms with Crippen molar-refractivity contribution in [3.05, 3.63) is 23.8 Å². The molecule has 0 radical (unpaired) electrons. The van der Waals surface area contributed by atoms with E-state index >= 15 is 0 Å². The van der Waals surface area contributed by atoms with Crippen molar-refractivity contribution in [2.45, 2.75) is 91.5 Å². The molecule has 0 aromatic heterocycles. The molecule has 2 atom stereocenters. The third-order valence-corrected chi connectivity index (χ3v) is 6.61. The molecule has 0 aliphatic heterocycles. The van der Waals surface area contributed by atoms with Crippen molar-refractivity contribution in [1.29, 1.82) is 0 Å². The first kappa shape index (κ1) is 35.7. The summed E-state index contributed by atoms with van der Waals surface area (Å²) in [6, 6.07) is 4.39. The normalized spacial score (nSPS) is 13.1. The predicted molar refractivity (Wildman–Crippen MR) is 152 cm³/mol. The molecule has 41 heavy (non-hydrogen) atoms.